The highest BCUT2D eigenvalue weighted by Gasteiger charge is 2.29. The standard InChI is InChI=1S/C19H30N4O3/c20-16(24)11-15(8-4-7-13-5-2-1-3-6-13)19-22-17(23-26-19)12-21-18(25)14-9-10-14/h13-15H,1-12H2,(H2,20,24)(H,21,25). The van der Waals surface area contributed by atoms with E-state index < -0.39 is 0 Å². The highest BCUT2D eigenvalue weighted by atomic mass is 16.5. The molecule has 1 heterocycles. The quantitative estimate of drug-likeness (QED) is 0.665. The summed E-state index contributed by atoms with van der Waals surface area (Å²) in [5.74, 6) is 1.46. The number of primary amides is 1. The predicted molar refractivity (Wildman–Crippen MR) is 95.8 cm³/mol. The van der Waals surface area contributed by atoms with Crippen LogP contribution in [-0.4, -0.2) is 22.0 Å². The van der Waals surface area contributed by atoms with Gasteiger partial charge in [-0.05, 0) is 25.2 Å². The van der Waals surface area contributed by atoms with Crippen LogP contribution in [0.1, 0.15) is 88.3 Å². The van der Waals surface area contributed by atoms with Gasteiger partial charge in [0.05, 0.1) is 6.54 Å². The van der Waals surface area contributed by atoms with Gasteiger partial charge < -0.3 is 15.6 Å². The smallest absolute Gasteiger partial charge is 0.230 e. The minimum Gasteiger partial charge on any atom is -0.370 e. The van der Waals surface area contributed by atoms with E-state index in [-0.39, 0.29) is 36.6 Å². The summed E-state index contributed by atoms with van der Waals surface area (Å²) in [6, 6.07) is 0. The summed E-state index contributed by atoms with van der Waals surface area (Å²) in [5.41, 5.74) is 5.40. The maximum Gasteiger partial charge on any atom is 0.230 e. The number of hydrogen-bond donors (Lipinski definition) is 2. The Hall–Kier alpha value is -1.92. The maximum absolute atomic E-state index is 11.7. The molecule has 3 rings (SSSR count). The summed E-state index contributed by atoms with van der Waals surface area (Å²) in [7, 11) is 0. The van der Waals surface area contributed by atoms with Crippen LogP contribution in [-0.2, 0) is 16.1 Å². The van der Waals surface area contributed by atoms with Crippen LogP contribution in [0, 0.1) is 11.8 Å². The van der Waals surface area contributed by atoms with E-state index in [1.54, 1.807) is 0 Å². The Kier molecular flexibility index (Phi) is 6.63. The monoisotopic (exact) mass is 362 g/mol. The van der Waals surface area contributed by atoms with Gasteiger partial charge in [-0.2, -0.15) is 4.98 Å². The van der Waals surface area contributed by atoms with Gasteiger partial charge in [0.15, 0.2) is 5.82 Å². The van der Waals surface area contributed by atoms with Crippen molar-refractivity contribution in [3.63, 3.8) is 0 Å². The Balaban J connectivity index is 1.49. The molecular formula is C19H30N4O3. The lowest BCUT2D eigenvalue weighted by Crippen LogP contribution is -2.24. The number of rotatable bonds is 10. The molecule has 2 aliphatic carbocycles. The molecule has 144 valence electrons. The van der Waals surface area contributed by atoms with Crippen LogP contribution in [0.25, 0.3) is 0 Å². The fourth-order valence-corrected chi connectivity index (χ4v) is 3.85. The minimum atomic E-state index is -0.352. The molecule has 7 heteroatoms. The van der Waals surface area contributed by atoms with Gasteiger partial charge in [-0.25, -0.2) is 0 Å². The summed E-state index contributed by atoms with van der Waals surface area (Å²) in [4.78, 5) is 27.5. The third-order valence-corrected chi connectivity index (χ3v) is 5.54. The van der Waals surface area contributed by atoms with Crippen LogP contribution in [0.4, 0.5) is 0 Å². The van der Waals surface area contributed by atoms with Crippen molar-refractivity contribution in [2.45, 2.75) is 83.1 Å². The van der Waals surface area contributed by atoms with Crippen LogP contribution >= 0.6 is 0 Å². The van der Waals surface area contributed by atoms with Crippen molar-refractivity contribution in [2.75, 3.05) is 0 Å². The fourth-order valence-electron chi connectivity index (χ4n) is 3.85. The molecule has 2 fully saturated rings. The molecule has 1 unspecified atom stereocenters. The fraction of sp³-hybridized carbons (Fsp3) is 0.789. The van der Waals surface area contributed by atoms with Crippen molar-refractivity contribution in [1.29, 1.82) is 0 Å². The Labute approximate surface area is 154 Å². The number of amides is 2. The average molecular weight is 362 g/mol. The molecule has 0 radical (unpaired) electrons. The highest BCUT2D eigenvalue weighted by molar-refractivity contribution is 5.80. The molecule has 1 atom stereocenters. The number of nitrogens with zero attached hydrogens (tertiary/aromatic N) is 2. The molecule has 3 N–H and O–H groups in total. The van der Waals surface area contributed by atoms with Gasteiger partial charge in [-0.15, -0.1) is 0 Å². The van der Waals surface area contributed by atoms with Gasteiger partial charge >= 0.3 is 0 Å². The number of hydrogen-bond acceptors (Lipinski definition) is 5. The molecule has 0 spiro atoms. The van der Waals surface area contributed by atoms with Gasteiger partial charge in [-0.3, -0.25) is 9.59 Å². The van der Waals surface area contributed by atoms with Gasteiger partial charge in [0.1, 0.15) is 0 Å². The van der Waals surface area contributed by atoms with Crippen molar-refractivity contribution in [3.05, 3.63) is 11.7 Å². The second-order valence-corrected chi connectivity index (χ2v) is 7.84. The molecule has 2 amide bonds. The lowest BCUT2D eigenvalue weighted by atomic mass is 9.84. The number of aromatic nitrogens is 2. The molecule has 2 saturated carbocycles. The summed E-state index contributed by atoms with van der Waals surface area (Å²) in [6.45, 7) is 0.268. The zero-order chi connectivity index (χ0) is 18.4. The molecule has 0 aromatic carbocycles. The van der Waals surface area contributed by atoms with Gasteiger partial charge in [0.25, 0.3) is 0 Å². The Morgan fingerprint density at radius 3 is 2.65 bits per heavy atom. The van der Waals surface area contributed by atoms with Crippen molar-refractivity contribution >= 4 is 11.8 Å². The second-order valence-electron chi connectivity index (χ2n) is 7.84. The SMILES string of the molecule is NC(=O)CC(CCCC1CCCCC1)c1nc(CNC(=O)C2CC2)no1. The Morgan fingerprint density at radius 2 is 1.96 bits per heavy atom. The first-order valence-electron chi connectivity index (χ1n) is 10.0. The maximum atomic E-state index is 11.7. The van der Waals surface area contributed by atoms with Crippen LogP contribution in [0.15, 0.2) is 4.52 Å². The summed E-state index contributed by atoms with van der Waals surface area (Å²) in [5, 5.41) is 6.77. The largest absolute Gasteiger partial charge is 0.370 e. The van der Waals surface area contributed by atoms with E-state index in [0.717, 1.165) is 31.6 Å². The van der Waals surface area contributed by atoms with E-state index in [1.807, 2.05) is 0 Å². The van der Waals surface area contributed by atoms with E-state index in [0.29, 0.717) is 11.7 Å². The van der Waals surface area contributed by atoms with Gasteiger partial charge in [0, 0.05) is 18.3 Å². The van der Waals surface area contributed by atoms with Crippen molar-refractivity contribution in [1.82, 2.24) is 15.5 Å². The van der Waals surface area contributed by atoms with Crippen LogP contribution in [0.2, 0.25) is 0 Å². The minimum absolute atomic E-state index is 0.0533. The van der Waals surface area contributed by atoms with E-state index in [2.05, 4.69) is 15.5 Å². The summed E-state index contributed by atoms with van der Waals surface area (Å²) < 4.78 is 5.36. The van der Waals surface area contributed by atoms with E-state index >= 15 is 0 Å². The van der Waals surface area contributed by atoms with Crippen molar-refractivity contribution in [3.8, 4) is 0 Å². The average Bonchev–Trinajstić information content (AvgIpc) is 3.38. The Bertz CT molecular complexity index is 606. The van der Waals surface area contributed by atoms with Crippen LogP contribution < -0.4 is 11.1 Å². The first kappa shape index (κ1) is 18.9. The molecule has 0 saturated heterocycles. The third-order valence-electron chi connectivity index (χ3n) is 5.54. The van der Waals surface area contributed by atoms with Gasteiger partial charge in [0.2, 0.25) is 17.7 Å². The molecular weight excluding hydrogens is 332 g/mol. The number of carbonyl (C=O) groups excluding carboxylic acids is 2. The van der Waals surface area contributed by atoms with Gasteiger partial charge in [-0.1, -0.05) is 50.1 Å². The zero-order valence-corrected chi connectivity index (χ0v) is 15.4. The molecule has 0 aliphatic heterocycles. The number of nitrogens with two attached hydrogens (primary N) is 1. The third kappa shape index (κ3) is 5.81. The molecule has 7 nitrogen and oxygen atoms in total. The molecule has 26 heavy (non-hydrogen) atoms. The molecule has 1 aromatic rings. The first-order chi connectivity index (χ1) is 12.6. The summed E-state index contributed by atoms with van der Waals surface area (Å²) >= 11 is 0. The lowest BCUT2D eigenvalue weighted by Gasteiger charge is -2.21. The summed E-state index contributed by atoms with van der Waals surface area (Å²) in [6.07, 6.45) is 11.9. The zero-order valence-electron chi connectivity index (χ0n) is 15.4. The predicted octanol–water partition coefficient (Wildman–Crippen LogP) is 2.81. The first-order valence-corrected chi connectivity index (χ1v) is 10.0. The Morgan fingerprint density at radius 1 is 1.19 bits per heavy atom. The van der Waals surface area contributed by atoms with Crippen molar-refractivity contribution in [2.24, 2.45) is 17.6 Å². The normalized spacial score (nSPS) is 19.2. The van der Waals surface area contributed by atoms with Crippen LogP contribution in [0.5, 0.6) is 0 Å². The van der Waals surface area contributed by atoms with E-state index in [9.17, 15) is 9.59 Å². The van der Waals surface area contributed by atoms with Crippen LogP contribution in [0.3, 0.4) is 0 Å². The van der Waals surface area contributed by atoms with E-state index in [4.69, 9.17) is 10.3 Å². The topological polar surface area (TPSA) is 111 Å². The molecule has 2 aliphatic rings. The second kappa shape index (κ2) is 9.14. The highest BCUT2D eigenvalue weighted by Crippen LogP contribution is 2.31. The lowest BCUT2D eigenvalue weighted by molar-refractivity contribution is -0.122. The van der Waals surface area contributed by atoms with E-state index in [1.165, 1.54) is 38.5 Å². The number of nitrogens with one attached hydrogen (secondary N) is 1. The molecule has 1 aromatic heterocycles. The number of carbonyl (C=O) groups is 2. The van der Waals surface area contributed by atoms with Crippen molar-refractivity contribution < 1.29 is 14.1 Å². The molecule has 0 bridgehead atoms.